The second-order valence-corrected chi connectivity index (χ2v) is 8.66. The number of hydrogen-bond donors (Lipinski definition) is 1. The van der Waals surface area contributed by atoms with Gasteiger partial charge in [-0.25, -0.2) is 0 Å². The van der Waals surface area contributed by atoms with Gasteiger partial charge < -0.3 is 9.84 Å². The van der Waals surface area contributed by atoms with Crippen molar-refractivity contribution in [3.63, 3.8) is 0 Å². The molecule has 0 unspecified atom stereocenters. The second-order valence-electron chi connectivity index (χ2n) is 8.66. The van der Waals surface area contributed by atoms with E-state index in [2.05, 4.69) is 46.3 Å². The number of piperidine rings is 1. The molecule has 6 heteroatoms. The third kappa shape index (κ3) is 5.20. The molecule has 0 saturated carbocycles. The highest BCUT2D eigenvalue weighted by atomic mass is 16.5. The number of rotatable bonds is 6. The Balaban J connectivity index is 1.31. The van der Waals surface area contributed by atoms with Crippen LogP contribution in [0.5, 0.6) is 0 Å². The van der Waals surface area contributed by atoms with Gasteiger partial charge in [0.2, 0.25) is 17.6 Å². The number of anilines is 1. The van der Waals surface area contributed by atoms with Gasteiger partial charge in [0.1, 0.15) is 0 Å². The van der Waals surface area contributed by atoms with E-state index < -0.39 is 0 Å². The molecule has 31 heavy (non-hydrogen) atoms. The summed E-state index contributed by atoms with van der Waals surface area (Å²) >= 11 is 0. The number of carbonyl (C=O) groups excluding carboxylic acids is 1. The summed E-state index contributed by atoms with van der Waals surface area (Å²) in [5.74, 6) is 1.76. The first-order chi connectivity index (χ1) is 15.0. The number of nitrogens with zero attached hydrogens (tertiary/aromatic N) is 3. The molecule has 0 spiro atoms. The molecule has 1 aliphatic heterocycles. The zero-order valence-corrected chi connectivity index (χ0v) is 18.5. The average molecular weight is 419 g/mol. The van der Waals surface area contributed by atoms with Crippen LogP contribution < -0.4 is 5.32 Å². The fraction of sp³-hybridized carbons (Fsp3) is 0.400. The van der Waals surface area contributed by atoms with Crippen LogP contribution in [-0.4, -0.2) is 34.0 Å². The standard InChI is InChI=1S/C25H30N4O2/c1-17(2)21-9-4-5-10-22(21)26-25(30)19-11-13-29(14-12-19)16-23-27-24(28-31-23)20-8-6-7-18(3)15-20/h4-10,15,17,19H,11-14,16H2,1-3H3,(H,26,30). The molecule has 4 rings (SSSR count). The van der Waals surface area contributed by atoms with Crippen LogP contribution in [0.25, 0.3) is 11.4 Å². The fourth-order valence-corrected chi connectivity index (χ4v) is 4.11. The Hall–Kier alpha value is -2.99. The second kappa shape index (κ2) is 9.43. The van der Waals surface area contributed by atoms with E-state index >= 15 is 0 Å². The number of aryl methyl sites for hydroxylation is 1. The summed E-state index contributed by atoms with van der Waals surface area (Å²) in [5, 5.41) is 7.28. The molecule has 1 saturated heterocycles. The maximum absolute atomic E-state index is 12.8. The SMILES string of the molecule is Cc1cccc(-c2noc(CN3CCC(C(=O)Nc4ccccc4C(C)C)CC3)n2)c1. The van der Waals surface area contributed by atoms with Crippen LogP contribution in [0.4, 0.5) is 5.69 Å². The number of hydrogen-bond acceptors (Lipinski definition) is 5. The number of benzene rings is 2. The van der Waals surface area contributed by atoms with E-state index in [9.17, 15) is 4.79 Å². The van der Waals surface area contributed by atoms with Crippen LogP contribution in [-0.2, 0) is 11.3 Å². The Labute approximate surface area is 183 Å². The van der Waals surface area contributed by atoms with Crippen molar-refractivity contribution in [2.75, 3.05) is 18.4 Å². The Kier molecular flexibility index (Phi) is 6.47. The van der Waals surface area contributed by atoms with Crippen LogP contribution in [0.15, 0.2) is 53.1 Å². The first-order valence-corrected chi connectivity index (χ1v) is 11.0. The van der Waals surface area contributed by atoms with Crippen LogP contribution >= 0.6 is 0 Å². The van der Waals surface area contributed by atoms with Crippen molar-refractivity contribution in [1.82, 2.24) is 15.0 Å². The smallest absolute Gasteiger partial charge is 0.241 e. The third-order valence-corrected chi connectivity index (χ3v) is 5.90. The number of amides is 1. The van der Waals surface area contributed by atoms with Crippen LogP contribution in [0.3, 0.4) is 0 Å². The van der Waals surface area contributed by atoms with Crippen LogP contribution in [0.2, 0.25) is 0 Å². The number of likely N-dealkylation sites (tertiary alicyclic amines) is 1. The normalized spacial score (nSPS) is 15.4. The van der Waals surface area contributed by atoms with E-state index in [-0.39, 0.29) is 11.8 Å². The largest absolute Gasteiger partial charge is 0.338 e. The van der Waals surface area contributed by atoms with Gasteiger partial charge in [0.25, 0.3) is 0 Å². The molecule has 3 aromatic rings. The van der Waals surface area contributed by atoms with E-state index in [4.69, 9.17) is 4.52 Å². The van der Waals surface area contributed by atoms with Gasteiger partial charge >= 0.3 is 0 Å². The van der Waals surface area contributed by atoms with Crippen molar-refractivity contribution >= 4 is 11.6 Å². The monoisotopic (exact) mass is 418 g/mol. The van der Waals surface area contributed by atoms with Gasteiger partial charge in [0.05, 0.1) is 6.54 Å². The van der Waals surface area contributed by atoms with Gasteiger partial charge in [0, 0.05) is 17.2 Å². The molecule has 2 aromatic carbocycles. The van der Waals surface area contributed by atoms with Gasteiger partial charge in [0.15, 0.2) is 0 Å². The molecule has 1 aliphatic rings. The fourth-order valence-electron chi connectivity index (χ4n) is 4.11. The minimum absolute atomic E-state index is 0.0296. The number of carbonyl (C=O) groups is 1. The summed E-state index contributed by atoms with van der Waals surface area (Å²) in [7, 11) is 0. The lowest BCUT2D eigenvalue weighted by molar-refractivity contribution is -0.121. The molecule has 162 valence electrons. The summed E-state index contributed by atoms with van der Waals surface area (Å²) in [4.78, 5) is 19.7. The van der Waals surface area contributed by atoms with Crippen LogP contribution in [0.1, 0.15) is 49.6 Å². The Morgan fingerprint density at radius 1 is 1.16 bits per heavy atom. The molecule has 0 atom stereocenters. The highest BCUT2D eigenvalue weighted by Crippen LogP contribution is 2.26. The predicted molar refractivity (Wildman–Crippen MR) is 122 cm³/mol. The summed E-state index contributed by atoms with van der Waals surface area (Å²) in [6.45, 7) is 8.63. The lowest BCUT2D eigenvalue weighted by Gasteiger charge is -2.30. The zero-order chi connectivity index (χ0) is 21.8. The first-order valence-electron chi connectivity index (χ1n) is 11.0. The zero-order valence-electron chi connectivity index (χ0n) is 18.5. The molecule has 6 nitrogen and oxygen atoms in total. The molecule has 1 fully saturated rings. The number of para-hydroxylation sites is 1. The highest BCUT2D eigenvalue weighted by Gasteiger charge is 2.26. The quantitative estimate of drug-likeness (QED) is 0.609. The van der Waals surface area contributed by atoms with Crippen molar-refractivity contribution in [1.29, 1.82) is 0 Å². The van der Waals surface area contributed by atoms with Crippen molar-refractivity contribution in [3.05, 3.63) is 65.5 Å². The van der Waals surface area contributed by atoms with Crippen molar-refractivity contribution in [3.8, 4) is 11.4 Å². The lowest BCUT2D eigenvalue weighted by Crippen LogP contribution is -2.38. The maximum Gasteiger partial charge on any atom is 0.241 e. The minimum atomic E-state index is 0.0296. The lowest BCUT2D eigenvalue weighted by atomic mass is 9.95. The topological polar surface area (TPSA) is 71.3 Å². The van der Waals surface area contributed by atoms with E-state index in [1.807, 2.05) is 43.3 Å². The minimum Gasteiger partial charge on any atom is -0.338 e. The number of aromatic nitrogens is 2. The summed E-state index contributed by atoms with van der Waals surface area (Å²) in [6.07, 6.45) is 1.66. The molecule has 1 N–H and O–H groups in total. The molecule has 0 radical (unpaired) electrons. The average Bonchev–Trinajstić information content (AvgIpc) is 3.23. The summed E-state index contributed by atoms with van der Waals surface area (Å²) < 4.78 is 5.47. The first kappa shape index (κ1) is 21.2. The molecule has 1 aromatic heterocycles. The molecule has 0 bridgehead atoms. The summed E-state index contributed by atoms with van der Waals surface area (Å²) in [6, 6.07) is 16.1. The van der Waals surface area contributed by atoms with Crippen molar-refractivity contribution < 1.29 is 9.32 Å². The predicted octanol–water partition coefficient (Wildman–Crippen LogP) is 5.02. The van der Waals surface area contributed by atoms with Gasteiger partial charge in [-0.05, 0) is 56.5 Å². The summed E-state index contributed by atoms with van der Waals surface area (Å²) in [5.41, 5.74) is 4.24. The van der Waals surface area contributed by atoms with Gasteiger partial charge in [-0.3, -0.25) is 9.69 Å². The Morgan fingerprint density at radius 2 is 1.94 bits per heavy atom. The Morgan fingerprint density at radius 3 is 2.68 bits per heavy atom. The molecular formula is C25H30N4O2. The van der Waals surface area contributed by atoms with Crippen LogP contribution in [0, 0.1) is 12.8 Å². The van der Waals surface area contributed by atoms with E-state index in [0.29, 0.717) is 24.2 Å². The van der Waals surface area contributed by atoms with E-state index in [0.717, 1.165) is 37.2 Å². The molecule has 2 heterocycles. The molecule has 0 aliphatic carbocycles. The third-order valence-electron chi connectivity index (χ3n) is 5.90. The van der Waals surface area contributed by atoms with Gasteiger partial charge in [-0.15, -0.1) is 0 Å². The van der Waals surface area contributed by atoms with Gasteiger partial charge in [-0.1, -0.05) is 61.0 Å². The Bertz CT molecular complexity index is 1040. The van der Waals surface area contributed by atoms with Crippen molar-refractivity contribution in [2.24, 2.45) is 5.92 Å². The molecule has 1 amide bonds. The van der Waals surface area contributed by atoms with E-state index in [1.165, 1.54) is 11.1 Å². The number of nitrogens with one attached hydrogen (secondary N) is 1. The highest BCUT2D eigenvalue weighted by molar-refractivity contribution is 5.93. The maximum atomic E-state index is 12.8. The van der Waals surface area contributed by atoms with E-state index in [1.54, 1.807) is 0 Å². The van der Waals surface area contributed by atoms with Gasteiger partial charge in [-0.2, -0.15) is 4.98 Å². The molecular weight excluding hydrogens is 388 g/mol. The van der Waals surface area contributed by atoms with Crippen molar-refractivity contribution in [2.45, 2.75) is 46.1 Å².